The number of aryl methyl sites for hydroxylation is 1. The smallest absolute Gasteiger partial charge is 0.191 e. The van der Waals surface area contributed by atoms with E-state index in [9.17, 15) is 0 Å². The van der Waals surface area contributed by atoms with Crippen molar-refractivity contribution in [1.82, 2.24) is 15.6 Å². The second-order valence-corrected chi connectivity index (χ2v) is 3.37. The number of nitrogens with zero attached hydrogens (tertiary/aromatic N) is 2. The molecule has 0 atom stereocenters. The monoisotopic (exact) mass is 346 g/mol. The van der Waals surface area contributed by atoms with Crippen LogP contribution in [0.15, 0.2) is 35.8 Å². The highest BCUT2D eigenvalue weighted by Gasteiger charge is 1.97. The third kappa shape index (κ3) is 6.25. The molecule has 0 saturated carbocycles. The second-order valence-electron chi connectivity index (χ2n) is 3.37. The van der Waals surface area contributed by atoms with E-state index in [1.165, 1.54) is 0 Å². The zero-order valence-electron chi connectivity index (χ0n) is 10.2. The quantitative estimate of drug-likeness (QED) is 0.379. The number of rotatable bonds is 4. The molecule has 2 N–H and O–H groups in total. The van der Waals surface area contributed by atoms with Crippen molar-refractivity contribution in [1.29, 1.82) is 0 Å². The van der Waals surface area contributed by atoms with Gasteiger partial charge in [-0.2, -0.15) is 0 Å². The Balaban J connectivity index is 0.00000256. The van der Waals surface area contributed by atoms with Crippen molar-refractivity contribution >= 4 is 29.9 Å². The Kier molecular flexibility index (Phi) is 8.39. The van der Waals surface area contributed by atoms with Crippen LogP contribution in [0.2, 0.25) is 0 Å². The van der Waals surface area contributed by atoms with E-state index in [4.69, 9.17) is 0 Å². The van der Waals surface area contributed by atoms with Crippen molar-refractivity contribution in [3.05, 3.63) is 42.2 Å². The summed E-state index contributed by atoms with van der Waals surface area (Å²) in [4.78, 5) is 8.48. The number of pyridine rings is 1. The van der Waals surface area contributed by atoms with Crippen LogP contribution < -0.4 is 10.6 Å². The molecule has 0 saturated heterocycles. The molecule has 0 radical (unpaired) electrons. The summed E-state index contributed by atoms with van der Waals surface area (Å²) in [5.41, 5.74) is 2.02. The van der Waals surface area contributed by atoms with E-state index in [0.717, 1.165) is 17.3 Å². The van der Waals surface area contributed by atoms with E-state index < -0.39 is 0 Å². The maximum atomic E-state index is 4.39. The Morgan fingerprint density at radius 1 is 1.47 bits per heavy atom. The Bertz CT molecular complexity index is 377. The molecule has 1 aromatic heterocycles. The van der Waals surface area contributed by atoms with Crippen molar-refractivity contribution in [2.75, 3.05) is 13.6 Å². The normalized spacial score (nSPS) is 10.4. The van der Waals surface area contributed by atoms with Gasteiger partial charge in [0, 0.05) is 19.3 Å². The van der Waals surface area contributed by atoms with Crippen LogP contribution in [-0.4, -0.2) is 24.5 Å². The van der Waals surface area contributed by atoms with E-state index in [2.05, 4.69) is 27.2 Å². The Morgan fingerprint density at radius 2 is 2.24 bits per heavy atom. The molecule has 17 heavy (non-hydrogen) atoms. The predicted molar refractivity (Wildman–Crippen MR) is 82.8 cm³/mol. The molecule has 0 spiro atoms. The van der Waals surface area contributed by atoms with Gasteiger partial charge >= 0.3 is 0 Å². The van der Waals surface area contributed by atoms with E-state index in [1.807, 2.05) is 25.1 Å². The van der Waals surface area contributed by atoms with Gasteiger partial charge in [-0.1, -0.05) is 12.1 Å². The lowest BCUT2D eigenvalue weighted by molar-refractivity contribution is 0.819. The minimum Gasteiger partial charge on any atom is -0.353 e. The Hall–Kier alpha value is -1.11. The lowest BCUT2D eigenvalue weighted by Gasteiger charge is -2.10. The fourth-order valence-corrected chi connectivity index (χ4v) is 1.26. The lowest BCUT2D eigenvalue weighted by Crippen LogP contribution is -2.36. The summed E-state index contributed by atoms with van der Waals surface area (Å²) >= 11 is 0. The maximum Gasteiger partial charge on any atom is 0.191 e. The van der Waals surface area contributed by atoms with Crippen LogP contribution >= 0.6 is 24.0 Å². The van der Waals surface area contributed by atoms with Gasteiger partial charge in [-0.3, -0.25) is 9.98 Å². The number of aromatic nitrogens is 1. The number of hydrogen-bond acceptors (Lipinski definition) is 2. The summed E-state index contributed by atoms with van der Waals surface area (Å²) in [5.74, 6) is 0.753. The lowest BCUT2D eigenvalue weighted by atomic mass is 10.3. The Morgan fingerprint density at radius 3 is 2.82 bits per heavy atom. The third-order valence-corrected chi connectivity index (χ3v) is 2.02. The molecule has 0 aliphatic heterocycles. The van der Waals surface area contributed by atoms with Crippen LogP contribution in [-0.2, 0) is 6.54 Å². The zero-order valence-corrected chi connectivity index (χ0v) is 12.6. The molecule has 0 aromatic carbocycles. The molecule has 1 aromatic rings. The molecular weight excluding hydrogens is 327 g/mol. The highest BCUT2D eigenvalue weighted by atomic mass is 127. The van der Waals surface area contributed by atoms with Gasteiger partial charge in [0.25, 0.3) is 0 Å². The van der Waals surface area contributed by atoms with Crippen molar-refractivity contribution in [3.63, 3.8) is 0 Å². The first-order valence-electron chi connectivity index (χ1n) is 5.24. The van der Waals surface area contributed by atoms with Gasteiger partial charge in [0.05, 0.1) is 12.2 Å². The molecule has 0 aliphatic rings. The molecule has 1 rings (SSSR count). The van der Waals surface area contributed by atoms with Crippen LogP contribution in [0, 0.1) is 6.92 Å². The van der Waals surface area contributed by atoms with Gasteiger partial charge in [-0.05, 0) is 19.1 Å². The largest absolute Gasteiger partial charge is 0.353 e. The topological polar surface area (TPSA) is 49.3 Å². The molecule has 0 unspecified atom stereocenters. The number of nitrogens with one attached hydrogen (secondary N) is 2. The number of hydrogen-bond donors (Lipinski definition) is 2. The molecule has 4 nitrogen and oxygen atoms in total. The minimum atomic E-state index is 0. The van der Waals surface area contributed by atoms with Crippen molar-refractivity contribution in [2.24, 2.45) is 4.99 Å². The Labute approximate surface area is 120 Å². The minimum absolute atomic E-state index is 0. The fourth-order valence-electron chi connectivity index (χ4n) is 1.26. The summed E-state index contributed by atoms with van der Waals surface area (Å²) in [7, 11) is 1.74. The zero-order chi connectivity index (χ0) is 11.8. The van der Waals surface area contributed by atoms with E-state index in [1.54, 1.807) is 13.1 Å². The molecule has 0 amide bonds. The van der Waals surface area contributed by atoms with Gasteiger partial charge in [-0.15, -0.1) is 30.6 Å². The van der Waals surface area contributed by atoms with Crippen LogP contribution in [0.3, 0.4) is 0 Å². The van der Waals surface area contributed by atoms with Gasteiger partial charge in [-0.25, -0.2) is 0 Å². The van der Waals surface area contributed by atoms with Crippen molar-refractivity contribution in [2.45, 2.75) is 13.5 Å². The molecule has 0 aliphatic carbocycles. The van der Waals surface area contributed by atoms with Crippen LogP contribution in [0.5, 0.6) is 0 Å². The summed E-state index contributed by atoms with van der Waals surface area (Å²) in [5, 5.41) is 6.27. The highest BCUT2D eigenvalue weighted by Crippen LogP contribution is 1.97. The third-order valence-electron chi connectivity index (χ3n) is 2.02. The van der Waals surface area contributed by atoms with Crippen molar-refractivity contribution in [3.8, 4) is 0 Å². The van der Waals surface area contributed by atoms with Gasteiger partial charge < -0.3 is 10.6 Å². The number of aliphatic imine (C=N–C) groups is 1. The average molecular weight is 346 g/mol. The summed E-state index contributed by atoms with van der Waals surface area (Å²) in [6, 6.07) is 5.97. The van der Waals surface area contributed by atoms with Gasteiger partial charge in [0.1, 0.15) is 0 Å². The molecule has 0 bridgehead atoms. The molecular formula is C12H19IN4. The van der Waals surface area contributed by atoms with Crippen molar-refractivity contribution < 1.29 is 0 Å². The molecule has 1 heterocycles. The number of guanidine groups is 1. The number of halogens is 1. The predicted octanol–water partition coefficient (Wildman–Crippen LogP) is 1.86. The summed E-state index contributed by atoms with van der Waals surface area (Å²) in [6.07, 6.45) is 1.79. The van der Waals surface area contributed by atoms with Crippen LogP contribution in [0.1, 0.15) is 11.4 Å². The first-order chi connectivity index (χ1) is 7.76. The second kappa shape index (κ2) is 8.98. The maximum absolute atomic E-state index is 4.39. The van der Waals surface area contributed by atoms with E-state index >= 15 is 0 Å². The average Bonchev–Trinajstić information content (AvgIpc) is 2.29. The SMILES string of the molecule is C=CCNC(=NC)NCc1cccc(C)n1.I. The van der Waals surface area contributed by atoms with E-state index in [-0.39, 0.29) is 24.0 Å². The summed E-state index contributed by atoms with van der Waals surface area (Å²) < 4.78 is 0. The van der Waals surface area contributed by atoms with Gasteiger partial charge in [0.15, 0.2) is 5.96 Å². The first kappa shape index (κ1) is 15.9. The standard InChI is InChI=1S/C12H18N4.HI/c1-4-8-14-12(13-3)15-9-11-7-5-6-10(2)16-11;/h4-7H,1,8-9H2,2-3H3,(H2,13,14,15);1H. The molecule has 5 heteroatoms. The highest BCUT2D eigenvalue weighted by molar-refractivity contribution is 14.0. The van der Waals surface area contributed by atoms with E-state index in [0.29, 0.717) is 13.1 Å². The molecule has 94 valence electrons. The van der Waals surface area contributed by atoms with Crippen LogP contribution in [0.25, 0.3) is 0 Å². The molecule has 0 fully saturated rings. The summed E-state index contributed by atoms with van der Waals surface area (Å²) in [6.45, 7) is 6.98. The van der Waals surface area contributed by atoms with Crippen LogP contribution in [0.4, 0.5) is 0 Å². The first-order valence-corrected chi connectivity index (χ1v) is 5.24. The van der Waals surface area contributed by atoms with Gasteiger partial charge in [0.2, 0.25) is 0 Å². The fraction of sp³-hybridized carbons (Fsp3) is 0.333.